The molecule has 0 spiro atoms. The molecule has 72 valence electrons. The number of aryl methyl sites for hydroxylation is 2. The topological polar surface area (TPSA) is 3.24 Å². The molecule has 1 nitrogen and oxygen atoms in total. The minimum absolute atomic E-state index is 0.165. The second kappa shape index (κ2) is 4.94. The van der Waals surface area contributed by atoms with E-state index in [0.717, 1.165) is 0 Å². The Hall–Kier alpha value is -0.112. The molecule has 5 heteroatoms. The van der Waals surface area contributed by atoms with Crippen molar-refractivity contribution in [2.24, 2.45) is 0 Å². The van der Waals surface area contributed by atoms with Crippen LogP contribution in [0.5, 0.6) is 0 Å². The Bertz CT molecular complexity index is 285. The quantitative estimate of drug-likeness (QED) is 0.545. The molecule has 0 aliphatic heterocycles. The lowest BCUT2D eigenvalue weighted by Gasteiger charge is -2.24. The molecule has 0 fully saturated rings. The van der Waals surface area contributed by atoms with Crippen molar-refractivity contribution >= 4 is 43.6 Å². The summed E-state index contributed by atoms with van der Waals surface area (Å²) in [6, 6.07) is 6.91. The average Bonchev–Trinajstić information content (AvgIpc) is 2.10. The van der Waals surface area contributed by atoms with Gasteiger partial charge in [0.2, 0.25) is 0 Å². The Morgan fingerprint density at radius 2 is 1.77 bits per heavy atom. The monoisotopic (exact) mass is 241 g/mol. The van der Waals surface area contributed by atoms with Crippen LogP contribution >= 0.6 is 0 Å². The van der Waals surface area contributed by atoms with Crippen LogP contribution in [0.3, 0.4) is 0 Å². The highest BCUT2D eigenvalue weighted by molar-refractivity contribution is 7.05. The highest BCUT2D eigenvalue weighted by atomic mass is 29.2. The lowest BCUT2D eigenvalue weighted by molar-refractivity contribution is 1.36. The van der Waals surface area contributed by atoms with Crippen molar-refractivity contribution in [2.75, 3.05) is 4.23 Å². The zero-order chi connectivity index (χ0) is 9.84. The number of rotatable bonds is 3. The van der Waals surface area contributed by atoms with Gasteiger partial charge in [0, 0.05) is 25.2 Å². The third kappa shape index (κ3) is 2.66. The molecule has 0 aliphatic rings. The van der Waals surface area contributed by atoms with Crippen molar-refractivity contribution in [1.82, 2.24) is 0 Å². The van der Waals surface area contributed by atoms with Crippen LogP contribution < -0.4 is 4.23 Å². The lowest BCUT2D eigenvalue weighted by Crippen LogP contribution is -2.32. The van der Waals surface area contributed by atoms with E-state index in [1.54, 1.807) is 5.69 Å². The molecule has 0 heterocycles. The number of nitrogens with zero attached hydrogens (tertiary/aromatic N) is 1. The lowest BCUT2D eigenvalue weighted by atomic mass is 10.1. The summed E-state index contributed by atoms with van der Waals surface area (Å²) in [4.78, 5) is 0. The van der Waals surface area contributed by atoms with Gasteiger partial charge in [-0.05, 0) is 25.5 Å². The molecule has 1 aromatic rings. The van der Waals surface area contributed by atoms with Crippen LogP contribution in [0.25, 0.3) is 0 Å². The summed E-state index contributed by atoms with van der Waals surface area (Å²) in [6.07, 6.45) is 0. The largest absolute Gasteiger partial charge is 0.439 e. The molecule has 0 saturated carbocycles. The zero-order valence-corrected chi connectivity index (χ0v) is 15.9. The summed E-state index contributed by atoms with van der Waals surface area (Å²) in [5.74, 6) is 0. The number of benzene rings is 1. The fourth-order valence-electron chi connectivity index (χ4n) is 1.72. The van der Waals surface area contributed by atoms with Crippen LogP contribution in [-0.2, 0) is 0 Å². The summed E-state index contributed by atoms with van der Waals surface area (Å²) >= 11 is 0. The first-order chi connectivity index (χ1) is 6.19. The van der Waals surface area contributed by atoms with Gasteiger partial charge in [0.05, 0.1) is 18.4 Å². The molecule has 0 aliphatic carbocycles. The van der Waals surface area contributed by atoms with Gasteiger partial charge in [-0.3, -0.25) is 0 Å². The van der Waals surface area contributed by atoms with Gasteiger partial charge >= 0.3 is 0 Å². The number of hydrogen-bond acceptors (Lipinski definition) is 1. The highest BCUT2D eigenvalue weighted by Crippen LogP contribution is 2.18. The second-order valence-corrected chi connectivity index (χ2v) is 10.9. The Morgan fingerprint density at radius 1 is 1.15 bits per heavy atom. The third-order valence-corrected chi connectivity index (χ3v) is 17.3. The van der Waals surface area contributed by atoms with Crippen molar-refractivity contribution in [3.8, 4) is 0 Å². The van der Waals surface area contributed by atoms with E-state index in [9.17, 15) is 0 Å². The SMILES string of the molecule is Cc1ccc(N([SiH2][SiH3])[SiH2][SiH3])c(C)c1. The number of anilines is 1. The zero-order valence-electron chi connectivity index (χ0n) is 9.09. The van der Waals surface area contributed by atoms with Gasteiger partial charge in [-0.2, -0.15) is 0 Å². The summed E-state index contributed by atoms with van der Waals surface area (Å²) in [5, 5.41) is 0. The highest BCUT2D eigenvalue weighted by Gasteiger charge is 2.03. The van der Waals surface area contributed by atoms with E-state index in [-0.39, 0.29) is 18.4 Å². The van der Waals surface area contributed by atoms with Crippen LogP contribution in [0.2, 0.25) is 0 Å². The summed E-state index contributed by atoms with van der Waals surface area (Å²) in [5.41, 5.74) is 4.45. The van der Waals surface area contributed by atoms with Crippen LogP contribution in [0.1, 0.15) is 11.1 Å². The van der Waals surface area contributed by atoms with E-state index >= 15 is 0 Å². The van der Waals surface area contributed by atoms with Crippen LogP contribution in [0.4, 0.5) is 5.69 Å². The molecule has 0 saturated heterocycles. The molecule has 1 aromatic carbocycles. The van der Waals surface area contributed by atoms with E-state index in [1.165, 1.54) is 30.6 Å². The van der Waals surface area contributed by atoms with Gasteiger partial charge < -0.3 is 4.23 Å². The molecule has 0 atom stereocenters. The average molecular weight is 242 g/mol. The predicted octanol–water partition coefficient (Wildman–Crippen LogP) is -2.16. The van der Waals surface area contributed by atoms with E-state index in [4.69, 9.17) is 0 Å². The minimum atomic E-state index is 0.165. The van der Waals surface area contributed by atoms with Gasteiger partial charge in [-0.15, -0.1) is 0 Å². The maximum absolute atomic E-state index is 2.78. The van der Waals surface area contributed by atoms with Gasteiger partial charge in [0.1, 0.15) is 0 Å². The van der Waals surface area contributed by atoms with Crippen LogP contribution in [0, 0.1) is 13.8 Å². The second-order valence-electron chi connectivity index (χ2n) is 3.46. The molecule has 0 aromatic heterocycles. The van der Waals surface area contributed by atoms with Crippen molar-refractivity contribution in [2.45, 2.75) is 13.8 Å². The standard InChI is InChI=1S/C8H19NSi4/c1-6-3-4-8(7(2)5-6)9(12-10)13-11/h3-5H,12-13H2,1-2,10-11H3. The molecule has 1 rings (SSSR count). The maximum Gasteiger partial charge on any atom is 0.0923 e. The third-order valence-electron chi connectivity index (χ3n) is 2.46. The van der Waals surface area contributed by atoms with Crippen molar-refractivity contribution in [3.63, 3.8) is 0 Å². The molecule has 0 bridgehead atoms. The summed E-state index contributed by atoms with van der Waals surface area (Å²) < 4.78 is 2.78. The fourth-order valence-corrected chi connectivity index (χ4v) is 23.0. The number of hydrogen-bond donors (Lipinski definition) is 0. The van der Waals surface area contributed by atoms with Crippen LogP contribution in [0.15, 0.2) is 18.2 Å². The van der Waals surface area contributed by atoms with Gasteiger partial charge in [0.15, 0.2) is 0 Å². The smallest absolute Gasteiger partial charge is 0.0923 e. The Kier molecular flexibility index (Phi) is 4.17. The van der Waals surface area contributed by atoms with Crippen molar-refractivity contribution in [3.05, 3.63) is 29.3 Å². The van der Waals surface area contributed by atoms with Crippen LogP contribution in [-0.4, -0.2) is 37.9 Å². The molecule has 0 N–H and O–H groups in total. The minimum Gasteiger partial charge on any atom is -0.439 e. The first-order valence-electron chi connectivity index (χ1n) is 5.01. The predicted molar refractivity (Wildman–Crippen MR) is 75.4 cm³/mol. The molecule has 0 unspecified atom stereocenters. The molecule has 0 amide bonds. The van der Waals surface area contributed by atoms with E-state index < -0.39 is 0 Å². The summed E-state index contributed by atoms with van der Waals surface area (Å²) in [6.45, 7) is 4.43. The van der Waals surface area contributed by atoms with Crippen molar-refractivity contribution in [1.29, 1.82) is 0 Å². The van der Waals surface area contributed by atoms with E-state index in [0.29, 0.717) is 0 Å². The van der Waals surface area contributed by atoms with Crippen molar-refractivity contribution < 1.29 is 0 Å². The van der Waals surface area contributed by atoms with E-state index in [2.05, 4.69) is 36.3 Å². The summed E-state index contributed by atoms with van der Waals surface area (Å²) in [7, 11) is 3.20. The Labute approximate surface area is 91.1 Å². The van der Waals surface area contributed by atoms with Gasteiger partial charge in [-0.25, -0.2) is 0 Å². The van der Waals surface area contributed by atoms with E-state index in [1.807, 2.05) is 0 Å². The Morgan fingerprint density at radius 3 is 2.23 bits per heavy atom. The van der Waals surface area contributed by atoms with Gasteiger partial charge in [0.25, 0.3) is 0 Å². The normalized spacial score (nSPS) is 12.5. The first kappa shape index (κ1) is 11.0. The Balaban J connectivity index is 2.99. The van der Waals surface area contributed by atoms with Gasteiger partial charge in [-0.1, -0.05) is 17.7 Å². The molecule has 13 heavy (non-hydrogen) atoms. The fraction of sp³-hybridized carbons (Fsp3) is 0.250. The molecule has 0 radical (unpaired) electrons. The first-order valence-corrected chi connectivity index (χ1v) is 17.6. The maximum atomic E-state index is 2.78. The molecular weight excluding hydrogens is 222 g/mol. The molecular formula is C8H19NSi4.